The van der Waals surface area contributed by atoms with Gasteiger partial charge in [-0.3, -0.25) is 0 Å². The molecule has 0 aromatic rings. The van der Waals surface area contributed by atoms with Gasteiger partial charge in [0, 0.05) is 20.1 Å². The molecule has 4 nitrogen and oxygen atoms in total. The third kappa shape index (κ3) is 13.1. The van der Waals surface area contributed by atoms with Crippen molar-refractivity contribution in [2.75, 3.05) is 14.1 Å². The molecule has 0 aromatic carbocycles. The van der Waals surface area contributed by atoms with Crippen LogP contribution in [0.25, 0.3) is 0 Å². The van der Waals surface area contributed by atoms with Crippen molar-refractivity contribution in [3.8, 4) is 0 Å². The van der Waals surface area contributed by atoms with Gasteiger partial charge in [-0.25, -0.2) is 0 Å². The minimum atomic E-state index is 0.477. The average Bonchev–Trinajstić information content (AvgIpc) is 2.29. The van der Waals surface area contributed by atoms with E-state index in [2.05, 4.69) is 53.9 Å². The molecule has 6 heteroatoms. The van der Waals surface area contributed by atoms with Crippen LogP contribution in [-0.2, 0) is 0 Å². The van der Waals surface area contributed by atoms with Crippen LogP contribution in [0.5, 0.6) is 0 Å². The van der Waals surface area contributed by atoms with Gasteiger partial charge in [0.2, 0.25) is 0 Å². The summed E-state index contributed by atoms with van der Waals surface area (Å²) in [5.74, 6) is 0. The number of hydrogen-bond acceptors (Lipinski definition) is 2. The molecule has 0 fully saturated rings. The molecule has 1 unspecified atom stereocenters. The Kier molecular flexibility index (Phi) is 13.3. The Bertz CT molecular complexity index is 219. The number of nitrogens with one attached hydrogen (secondary N) is 4. The van der Waals surface area contributed by atoms with E-state index in [4.69, 9.17) is 12.2 Å². The van der Waals surface area contributed by atoms with E-state index in [0.717, 1.165) is 11.5 Å². The van der Waals surface area contributed by atoms with Gasteiger partial charge in [-0.05, 0) is 44.0 Å². The monoisotopic (exact) mass is 262 g/mol. The molecular formula is C10H22N4S2. The van der Waals surface area contributed by atoms with Gasteiger partial charge in [0.25, 0.3) is 0 Å². The summed E-state index contributed by atoms with van der Waals surface area (Å²) in [5, 5.41) is 12.7. The van der Waals surface area contributed by atoms with Gasteiger partial charge < -0.3 is 21.3 Å². The second kappa shape index (κ2) is 12.2. The lowest BCUT2D eigenvalue weighted by Gasteiger charge is -2.12. The maximum atomic E-state index is 4.88. The molecule has 0 rings (SSSR count). The third-order valence-electron chi connectivity index (χ3n) is 1.68. The highest BCUT2D eigenvalue weighted by atomic mass is 32.1. The minimum absolute atomic E-state index is 0.477. The van der Waals surface area contributed by atoms with Crippen LogP contribution in [0.15, 0.2) is 12.8 Å². The Morgan fingerprint density at radius 3 is 2.00 bits per heavy atom. The van der Waals surface area contributed by atoms with E-state index in [1.165, 1.54) is 6.20 Å². The first kappa shape index (κ1) is 17.5. The molecule has 0 radical (unpaired) electrons. The highest BCUT2D eigenvalue weighted by molar-refractivity contribution is 7.80. The fraction of sp³-hybridized carbons (Fsp3) is 0.600. The van der Waals surface area contributed by atoms with E-state index in [-0.39, 0.29) is 0 Å². The predicted molar refractivity (Wildman–Crippen MR) is 79.5 cm³/mol. The molecule has 1 atom stereocenters. The van der Waals surface area contributed by atoms with Crippen molar-refractivity contribution >= 4 is 34.7 Å². The number of rotatable bonds is 3. The lowest BCUT2D eigenvalue weighted by molar-refractivity contribution is 0.638. The van der Waals surface area contributed by atoms with Gasteiger partial charge >= 0.3 is 0 Å². The molecule has 0 saturated carbocycles. The van der Waals surface area contributed by atoms with Crippen molar-refractivity contribution in [1.82, 2.24) is 21.3 Å². The molecule has 0 saturated heterocycles. The van der Waals surface area contributed by atoms with Crippen molar-refractivity contribution < 1.29 is 0 Å². The lowest BCUT2D eigenvalue weighted by atomic mass is 10.3. The van der Waals surface area contributed by atoms with Gasteiger partial charge in [0.05, 0.1) is 0 Å². The zero-order valence-electron chi connectivity index (χ0n) is 10.4. The van der Waals surface area contributed by atoms with Crippen molar-refractivity contribution in [2.24, 2.45) is 0 Å². The maximum Gasteiger partial charge on any atom is 0.170 e. The van der Waals surface area contributed by atoms with Gasteiger partial charge in [-0.15, -0.1) is 0 Å². The fourth-order valence-electron chi connectivity index (χ4n) is 0.563. The summed E-state index contributed by atoms with van der Waals surface area (Å²) in [4.78, 5) is 0. The molecule has 0 aliphatic heterocycles. The Balaban J connectivity index is 0. The van der Waals surface area contributed by atoms with E-state index < -0.39 is 0 Å². The summed E-state index contributed by atoms with van der Waals surface area (Å²) in [5.41, 5.74) is 0. The highest BCUT2D eigenvalue weighted by Crippen LogP contribution is 1.85. The summed E-state index contributed by atoms with van der Waals surface area (Å²) in [6.07, 6.45) is 2.63. The van der Waals surface area contributed by atoms with Crippen LogP contribution in [-0.4, -0.2) is 30.4 Å². The fourth-order valence-corrected chi connectivity index (χ4v) is 0.847. The highest BCUT2D eigenvalue weighted by Gasteiger charge is 1.96. The van der Waals surface area contributed by atoms with Crippen molar-refractivity contribution in [1.29, 1.82) is 0 Å². The van der Waals surface area contributed by atoms with E-state index in [1.807, 2.05) is 7.05 Å². The third-order valence-corrected chi connectivity index (χ3v) is 2.32. The molecule has 0 heterocycles. The number of thiocarbonyl (C=S) groups is 2. The summed E-state index contributed by atoms with van der Waals surface area (Å²) in [7, 11) is 3.57. The quantitative estimate of drug-likeness (QED) is 0.572. The predicted octanol–water partition coefficient (Wildman–Crippen LogP) is 1.10. The average molecular weight is 262 g/mol. The van der Waals surface area contributed by atoms with Crippen molar-refractivity contribution in [3.05, 3.63) is 12.8 Å². The van der Waals surface area contributed by atoms with Gasteiger partial charge in [-0.1, -0.05) is 13.5 Å². The first-order valence-electron chi connectivity index (χ1n) is 5.09. The zero-order valence-corrected chi connectivity index (χ0v) is 12.0. The first-order valence-corrected chi connectivity index (χ1v) is 5.90. The molecule has 0 spiro atoms. The van der Waals surface area contributed by atoms with Gasteiger partial charge in [0.1, 0.15) is 0 Å². The SMILES string of the molecule is C=CNC(=S)NC.CCC(C)NC(=S)NC. The van der Waals surface area contributed by atoms with E-state index in [1.54, 1.807) is 7.05 Å². The van der Waals surface area contributed by atoms with E-state index >= 15 is 0 Å². The largest absolute Gasteiger partial charge is 0.366 e. The molecule has 16 heavy (non-hydrogen) atoms. The van der Waals surface area contributed by atoms with Crippen LogP contribution < -0.4 is 21.3 Å². The Labute approximate surface area is 109 Å². The molecule has 0 aliphatic carbocycles. The van der Waals surface area contributed by atoms with Crippen molar-refractivity contribution in [2.45, 2.75) is 26.3 Å². The van der Waals surface area contributed by atoms with Crippen LogP contribution >= 0.6 is 24.4 Å². The molecule has 0 aromatic heterocycles. The Hall–Kier alpha value is -0.880. The van der Waals surface area contributed by atoms with E-state index in [0.29, 0.717) is 11.2 Å². The van der Waals surface area contributed by atoms with Gasteiger partial charge in [0.15, 0.2) is 10.2 Å². The zero-order chi connectivity index (χ0) is 13.0. The summed E-state index contributed by atoms with van der Waals surface area (Å²) in [6, 6.07) is 0.477. The molecule has 0 bridgehead atoms. The first-order chi connectivity index (χ1) is 7.51. The molecule has 94 valence electrons. The van der Waals surface area contributed by atoms with Gasteiger partial charge in [-0.2, -0.15) is 0 Å². The normalized spacial score (nSPS) is 10.0. The van der Waals surface area contributed by atoms with Crippen LogP contribution in [0.3, 0.4) is 0 Å². The molecule has 0 amide bonds. The van der Waals surface area contributed by atoms with Crippen LogP contribution in [0, 0.1) is 0 Å². The van der Waals surface area contributed by atoms with Crippen molar-refractivity contribution in [3.63, 3.8) is 0 Å². The van der Waals surface area contributed by atoms with Crippen LogP contribution in [0.2, 0.25) is 0 Å². The summed E-state index contributed by atoms with van der Waals surface area (Å²) >= 11 is 9.54. The number of hydrogen-bond donors (Lipinski definition) is 4. The summed E-state index contributed by atoms with van der Waals surface area (Å²) in [6.45, 7) is 7.63. The topological polar surface area (TPSA) is 48.1 Å². The molecule has 4 N–H and O–H groups in total. The van der Waals surface area contributed by atoms with E-state index in [9.17, 15) is 0 Å². The smallest absolute Gasteiger partial charge is 0.170 e. The second-order valence-electron chi connectivity index (χ2n) is 2.96. The maximum absolute atomic E-state index is 4.88. The van der Waals surface area contributed by atoms with Crippen LogP contribution in [0.4, 0.5) is 0 Å². The minimum Gasteiger partial charge on any atom is -0.366 e. The lowest BCUT2D eigenvalue weighted by Crippen LogP contribution is -2.38. The molecular weight excluding hydrogens is 240 g/mol. The Morgan fingerprint density at radius 1 is 1.25 bits per heavy atom. The standard InChI is InChI=1S/C6H14N2S.C4H8N2S/c1-4-5(2)8-6(9)7-3;1-3-6-4(7)5-2/h5H,4H2,1-3H3,(H2,7,8,9);3H,1H2,2H3,(H2,5,6,7). The van der Waals surface area contributed by atoms with Crippen LogP contribution in [0.1, 0.15) is 20.3 Å². The Morgan fingerprint density at radius 2 is 1.75 bits per heavy atom. The molecule has 0 aliphatic rings. The summed E-state index contributed by atoms with van der Waals surface area (Å²) < 4.78 is 0. The second-order valence-corrected chi connectivity index (χ2v) is 3.78.